The average Bonchev–Trinajstić information content (AvgIpc) is 2.54. The molecular formula is C15H18ClN3O3. The third kappa shape index (κ3) is 4.46. The van der Waals surface area contributed by atoms with Gasteiger partial charge in [0.25, 0.3) is 0 Å². The maximum Gasteiger partial charge on any atom is 0.232 e. The minimum Gasteiger partial charge on any atom is -0.352 e. The molecule has 0 bridgehead atoms. The Bertz CT molecular complexity index is 557. The van der Waals surface area contributed by atoms with Crippen molar-refractivity contribution in [2.75, 3.05) is 26.2 Å². The standard InChI is InChI=1S/C15H18ClN3O3/c16-13-4-2-1-3-12(13)10-17-14(21)9-15(22)19-7-5-18(11-20)6-8-19/h1-4,11H,5-10H2,(H,17,21). The summed E-state index contributed by atoms with van der Waals surface area (Å²) in [5.74, 6) is -0.551. The number of carbonyl (C=O) groups is 3. The molecular weight excluding hydrogens is 306 g/mol. The maximum atomic E-state index is 12.0. The molecule has 0 saturated carbocycles. The van der Waals surface area contributed by atoms with Gasteiger partial charge < -0.3 is 15.1 Å². The highest BCUT2D eigenvalue weighted by molar-refractivity contribution is 6.31. The largest absolute Gasteiger partial charge is 0.352 e. The van der Waals surface area contributed by atoms with Crippen LogP contribution in [0.25, 0.3) is 0 Å². The lowest BCUT2D eigenvalue weighted by atomic mass is 10.2. The highest BCUT2D eigenvalue weighted by Gasteiger charge is 2.21. The molecule has 7 heteroatoms. The SMILES string of the molecule is O=CN1CCN(C(=O)CC(=O)NCc2ccccc2Cl)CC1. The summed E-state index contributed by atoms with van der Waals surface area (Å²) in [4.78, 5) is 37.7. The summed E-state index contributed by atoms with van der Waals surface area (Å²) in [5.41, 5.74) is 0.810. The zero-order chi connectivity index (χ0) is 15.9. The molecule has 1 aliphatic rings. The number of carbonyl (C=O) groups excluding carboxylic acids is 3. The van der Waals surface area contributed by atoms with E-state index in [0.29, 0.717) is 37.7 Å². The van der Waals surface area contributed by atoms with Gasteiger partial charge in [-0.15, -0.1) is 0 Å². The first-order chi connectivity index (χ1) is 10.6. The summed E-state index contributed by atoms with van der Waals surface area (Å²) in [6, 6.07) is 7.23. The maximum absolute atomic E-state index is 12.0. The van der Waals surface area contributed by atoms with Gasteiger partial charge in [-0.25, -0.2) is 0 Å². The van der Waals surface area contributed by atoms with Crippen LogP contribution in [0.5, 0.6) is 0 Å². The quantitative estimate of drug-likeness (QED) is 0.639. The molecule has 0 unspecified atom stereocenters. The summed E-state index contributed by atoms with van der Waals surface area (Å²) in [6.07, 6.45) is 0.587. The van der Waals surface area contributed by atoms with E-state index in [-0.39, 0.29) is 18.2 Å². The molecule has 1 N–H and O–H groups in total. The topological polar surface area (TPSA) is 69.7 Å². The highest BCUT2D eigenvalue weighted by Crippen LogP contribution is 2.14. The molecule has 1 heterocycles. The van der Waals surface area contributed by atoms with Crippen molar-refractivity contribution < 1.29 is 14.4 Å². The number of halogens is 1. The van der Waals surface area contributed by atoms with E-state index >= 15 is 0 Å². The Morgan fingerprint density at radius 1 is 1.18 bits per heavy atom. The van der Waals surface area contributed by atoms with Crippen molar-refractivity contribution in [3.8, 4) is 0 Å². The van der Waals surface area contributed by atoms with Gasteiger partial charge in [0.1, 0.15) is 6.42 Å². The monoisotopic (exact) mass is 323 g/mol. The molecule has 3 amide bonds. The lowest BCUT2D eigenvalue weighted by molar-refractivity contribution is -0.139. The van der Waals surface area contributed by atoms with Gasteiger partial charge in [-0.05, 0) is 11.6 Å². The van der Waals surface area contributed by atoms with Gasteiger partial charge in [-0.3, -0.25) is 14.4 Å². The molecule has 0 aliphatic carbocycles. The molecule has 2 rings (SSSR count). The predicted molar refractivity (Wildman–Crippen MR) is 82.1 cm³/mol. The number of nitrogens with one attached hydrogen (secondary N) is 1. The molecule has 0 radical (unpaired) electrons. The van der Waals surface area contributed by atoms with Gasteiger partial charge in [0, 0.05) is 37.7 Å². The van der Waals surface area contributed by atoms with Crippen LogP contribution in [0.2, 0.25) is 5.02 Å². The summed E-state index contributed by atoms with van der Waals surface area (Å²) in [5, 5.41) is 3.27. The summed E-state index contributed by atoms with van der Waals surface area (Å²) in [6.45, 7) is 2.25. The van der Waals surface area contributed by atoms with Crippen LogP contribution >= 0.6 is 11.6 Å². The van der Waals surface area contributed by atoms with Crippen LogP contribution in [0.4, 0.5) is 0 Å². The minimum absolute atomic E-state index is 0.189. The van der Waals surface area contributed by atoms with E-state index in [1.165, 1.54) is 0 Å². The Kier molecular flexibility index (Phi) is 5.77. The normalized spacial score (nSPS) is 14.6. The fourth-order valence-corrected chi connectivity index (χ4v) is 2.43. The molecule has 1 saturated heterocycles. The number of nitrogens with zero attached hydrogens (tertiary/aromatic N) is 2. The number of hydrogen-bond acceptors (Lipinski definition) is 3. The first-order valence-corrected chi connectivity index (χ1v) is 7.45. The predicted octanol–water partition coefficient (Wildman–Crippen LogP) is 0.647. The first kappa shape index (κ1) is 16.3. The first-order valence-electron chi connectivity index (χ1n) is 7.07. The Morgan fingerprint density at radius 3 is 2.50 bits per heavy atom. The van der Waals surface area contributed by atoms with E-state index in [1.807, 2.05) is 18.2 Å². The zero-order valence-corrected chi connectivity index (χ0v) is 12.9. The molecule has 0 atom stereocenters. The van der Waals surface area contributed by atoms with Crippen LogP contribution in [0, 0.1) is 0 Å². The molecule has 1 aromatic rings. The second-order valence-electron chi connectivity index (χ2n) is 5.07. The average molecular weight is 324 g/mol. The number of rotatable bonds is 5. The van der Waals surface area contributed by atoms with E-state index in [4.69, 9.17) is 11.6 Å². The van der Waals surface area contributed by atoms with Gasteiger partial charge in [-0.2, -0.15) is 0 Å². The van der Waals surface area contributed by atoms with Crippen molar-refractivity contribution in [2.45, 2.75) is 13.0 Å². The van der Waals surface area contributed by atoms with Crippen molar-refractivity contribution in [1.82, 2.24) is 15.1 Å². The Hall–Kier alpha value is -2.08. The van der Waals surface area contributed by atoms with Gasteiger partial charge in [-0.1, -0.05) is 29.8 Å². The second-order valence-corrected chi connectivity index (χ2v) is 5.47. The Morgan fingerprint density at radius 2 is 1.86 bits per heavy atom. The number of amides is 3. The third-order valence-electron chi connectivity index (χ3n) is 3.56. The van der Waals surface area contributed by atoms with Crippen molar-refractivity contribution in [3.63, 3.8) is 0 Å². The summed E-state index contributed by atoms with van der Waals surface area (Å²) < 4.78 is 0. The van der Waals surface area contributed by atoms with Crippen LogP contribution < -0.4 is 5.32 Å². The fraction of sp³-hybridized carbons (Fsp3) is 0.400. The van der Waals surface area contributed by atoms with Crippen LogP contribution in [-0.4, -0.2) is 54.2 Å². The van der Waals surface area contributed by atoms with E-state index in [0.717, 1.165) is 12.0 Å². The van der Waals surface area contributed by atoms with Crippen molar-refractivity contribution in [2.24, 2.45) is 0 Å². The van der Waals surface area contributed by atoms with E-state index < -0.39 is 0 Å². The molecule has 1 aromatic carbocycles. The third-order valence-corrected chi connectivity index (χ3v) is 3.93. The van der Waals surface area contributed by atoms with Crippen molar-refractivity contribution in [3.05, 3.63) is 34.9 Å². The molecule has 1 aliphatic heterocycles. The van der Waals surface area contributed by atoms with Gasteiger partial charge in [0.15, 0.2) is 0 Å². The van der Waals surface area contributed by atoms with Crippen molar-refractivity contribution in [1.29, 1.82) is 0 Å². The molecule has 0 aromatic heterocycles. The lowest BCUT2D eigenvalue weighted by Crippen LogP contribution is -2.49. The van der Waals surface area contributed by atoms with E-state index in [2.05, 4.69) is 5.32 Å². The van der Waals surface area contributed by atoms with Crippen LogP contribution in [0.3, 0.4) is 0 Å². The fourth-order valence-electron chi connectivity index (χ4n) is 2.22. The zero-order valence-electron chi connectivity index (χ0n) is 12.1. The Balaban J connectivity index is 1.76. The van der Waals surface area contributed by atoms with Crippen LogP contribution in [-0.2, 0) is 20.9 Å². The van der Waals surface area contributed by atoms with Gasteiger partial charge in [0.05, 0.1) is 0 Å². The van der Waals surface area contributed by atoms with Gasteiger partial charge >= 0.3 is 0 Å². The Labute approximate surface area is 134 Å². The van der Waals surface area contributed by atoms with Crippen molar-refractivity contribution >= 4 is 29.8 Å². The molecule has 1 fully saturated rings. The molecule has 6 nitrogen and oxygen atoms in total. The minimum atomic E-state index is -0.331. The second kappa shape index (κ2) is 7.79. The van der Waals surface area contributed by atoms with Crippen LogP contribution in [0.1, 0.15) is 12.0 Å². The number of benzene rings is 1. The highest BCUT2D eigenvalue weighted by atomic mass is 35.5. The molecule has 22 heavy (non-hydrogen) atoms. The molecule has 0 spiro atoms. The van der Waals surface area contributed by atoms with Crippen LogP contribution in [0.15, 0.2) is 24.3 Å². The number of hydrogen-bond donors (Lipinski definition) is 1. The summed E-state index contributed by atoms with van der Waals surface area (Å²) >= 11 is 6.00. The lowest BCUT2D eigenvalue weighted by Gasteiger charge is -2.32. The van der Waals surface area contributed by atoms with E-state index in [1.54, 1.807) is 15.9 Å². The van der Waals surface area contributed by atoms with Gasteiger partial charge in [0.2, 0.25) is 18.2 Å². The number of piperazine rings is 1. The smallest absolute Gasteiger partial charge is 0.232 e. The van der Waals surface area contributed by atoms with E-state index in [9.17, 15) is 14.4 Å². The summed E-state index contributed by atoms with van der Waals surface area (Å²) in [7, 11) is 0. The molecule has 118 valence electrons.